The number of aromatic nitrogens is 4. The van der Waals surface area contributed by atoms with Gasteiger partial charge >= 0.3 is 0 Å². The van der Waals surface area contributed by atoms with Gasteiger partial charge in [0.25, 0.3) is 0 Å². The molecule has 19 heavy (non-hydrogen) atoms. The lowest BCUT2D eigenvalue weighted by molar-refractivity contribution is 0.780. The van der Waals surface area contributed by atoms with Crippen LogP contribution < -0.4 is 5.32 Å². The number of nitrogens with one attached hydrogen (secondary N) is 1. The molecule has 0 aliphatic rings. The molecule has 1 N–H and O–H groups in total. The van der Waals surface area contributed by atoms with Crippen LogP contribution in [0.1, 0.15) is 17.1 Å². The minimum absolute atomic E-state index is 0.761. The fraction of sp³-hybridized carbons (Fsp3) is 0.286. The van der Waals surface area contributed by atoms with Crippen LogP contribution in [-0.2, 0) is 20.0 Å². The maximum Gasteiger partial charge on any atom is 0.232 e. The van der Waals surface area contributed by atoms with E-state index in [-0.39, 0.29) is 0 Å². The van der Waals surface area contributed by atoms with E-state index in [4.69, 9.17) is 0 Å². The number of hydrogen-bond donors (Lipinski definition) is 1. The molecule has 0 aliphatic heterocycles. The first-order valence-corrected chi connectivity index (χ1v) is 6.36. The Bertz CT molecular complexity index is 680. The second kappa shape index (κ2) is 4.85. The van der Waals surface area contributed by atoms with Crippen molar-refractivity contribution in [2.24, 2.45) is 7.05 Å². The highest BCUT2D eigenvalue weighted by Crippen LogP contribution is 2.11. The molecule has 0 bridgehead atoms. The quantitative estimate of drug-likeness (QED) is 0.766. The number of hydrogen-bond acceptors (Lipinski definition) is 3. The average Bonchev–Trinajstić information content (AvgIpc) is 2.92. The van der Waals surface area contributed by atoms with Gasteiger partial charge < -0.3 is 5.32 Å². The Morgan fingerprint density at radius 3 is 2.68 bits per heavy atom. The third-order valence-corrected chi connectivity index (χ3v) is 3.19. The highest BCUT2D eigenvalue weighted by atomic mass is 15.4. The van der Waals surface area contributed by atoms with E-state index in [1.54, 1.807) is 0 Å². The van der Waals surface area contributed by atoms with Crippen LogP contribution in [0.3, 0.4) is 0 Å². The molecule has 0 spiro atoms. The van der Waals surface area contributed by atoms with Crippen molar-refractivity contribution < 1.29 is 0 Å². The van der Waals surface area contributed by atoms with E-state index < -0.39 is 0 Å². The van der Waals surface area contributed by atoms with E-state index in [0.717, 1.165) is 30.3 Å². The zero-order valence-electron chi connectivity index (χ0n) is 11.2. The molecule has 0 radical (unpaired) electrons. The third kappa shape index (κ3) is 2.24. The van der Waals surface area contributed by atoms with Crippen molar-refractivity contribution in [3.63, 3.8) is 0 Å². The van der Waals surface area contributed by atoms with Crippen molar-refractivity contribution in [1.29, 1.82) is 0 Å². The molecule has 0 fully saturated rings. The first-order chi connectivity index (χ1) is 9.28. The van der Waals surface area contributed by atoms with E-state index in [0.29, 0.717) is 0 Å². The second-order valence-corrected chi connectivity index (χ2v) is 4.64. The maximum atomic E-state index is 4.60. The number of fused-ring (bicyclic) bond motifs is 1. The largest absolute Gasteiger partial charge is 0.314 e. The predicted molar refractivity (Wildman–Crippen MR) is 74.0 cm³/mol. The molecular formula is C14H17N5. The minimum atomic E-state index is 0.761. The standard InChI is InChI=1S/C14H17N5/c1-15-9-12-10-19-14(16-12)18(2)13(17-19)8-11-6-4-3-5-7-11/h3-7,10,15H,8-9H2,1-2H3. The van der Waals surface area contributed by atoms with Gasteiger partial charge in [0.05, 0.1) is 11.9 Å². The summed E-state index contributed by atoms with van der Waals surface area (Å²) >= 11 is 0. The molecule has 2 aromatic heterocycles. The van der Waals surface area contributed by atoms with Crippen molar-refractivity contribution in [2.45, 2.75) is 13.0 Å². The molecule has 2 heterocycles. The molecule has 0 amide bonds. The Balaban J connectivity index is 1.93. The van der Waals surface area contributed by atoms with Gasteiger partial charge in [-0.2, -0.15) is 5.10 Å². The SMILES string of the molecule is CNCc1cn2nc(Cc3ccccc3)n(C)c2n1. The lowest BCUT2D eigenvalue weighted by Gasteiger charge is -2.00. The molecular weight excluding hydrogens is 238 g/mol. The first-order valence-electron chi connectivity index (χ1n) is 6.36. The van der Waals surface area contributed by atoms with Gasteiger partial charge in [-0.25, -0.2) is 9.50 Å². The van der Waals surface area contributed by atoms with Gasteiger partial charge in [0.1, 0.15) is 5.82 Å². The van der Waals surface area contributed by atoms with Crippen LogP contribution >= 0.6 is 0 Å². The van der Waals surface area contributed by atoms with E-state index in [9.17, 15) is 0 Å². The van der Waals surface area contributed by atoms with Crippen molar-refractivity contribution in [2.75, 3.05) is 7.05 Å². The molecule has 3 rings (SSSR count). The molecule has 0 saturated heterocycles. The Morgan fingerprint density at radius 2 is 2.00 bits per heavy atom. The van der Waals surface area contributed by atoms with Crippen molar-refractivity contribution in [3.8, 4) is 0 Å². The molecule has 3 aromatic rings. The van der Waals surface area contributed by atoms with Gasteiger partial charge in [0.15, 0.2) is 0 Å². The molecule has 0 aliphatic carbocycles. The number of nitrogens with zero attached hydrogens (tertiary/aromatic N) is 4. The monoisotopic (exact) mass is 255 g/mol. The summed E-state index contributed by atoms with van der Waals surface area (Å²) in [7, 11) is 3.93. The lowest BCUT2D eigenvalue weighted by Crippen LogP contribution is -2.06. The summed E-state index contributed by atoms with van der Waals surface area (Å²) in [6.07, 6.45) is 2.79. The molecule has 0 saturated carbocycles. The summed E-state index contributed by atoms with van der Waals surface area (Å²) < 4.78 is 3.90. The Hall–Kier alpha value is -2.14. The fourth-order valence-electron chi connectivity index (χ4n) is 2.22. The zero-order chi connectivity index (χ0) is 13.2. The normalized spacial score (nSPS) is 11.3. The van der Waals surface area contributed by atoms with Crippen LogP contribution in [0.4, 0.5) is 0 Å². The maximum absolute atomic E-state index is 4.60. The average molecular weight is 255 g/mol. The number of rotatable bonds is 4. The fourth-order valence-corrected chi connectivity index (χ4v) is 2.22. The van der Waals surface area contributed by atoms with E-state index in [1.165, 1.54) is 5.56 Å². The number of imidazole rings is 1. The minimum Gasteiger partial charge on any atom is -0.314 e. The van der Waals surface area contributed by atoms with Crippen LogP contribution in [0.2, 0.25) is 0 Å². The Labute approximate surface area is 111 Å². The topological polar surface area (TPSA) is 47.1 Å². The van der Waals surface area contributed by atoms with Gasteiger partial charge in [-0.05, 0) is 12.6 Å². The van der Waals surface area contributed by atoms with Crippen LogP contribution in [0, 0.1) is 0 Å². The summed E-state index contributed by atoms with van der Waals surface area (Å²) in [6, 6.07) is 10.4. The van der Waals surface area contributed by atoms with Gasteiger partial charge in [-0.3, -0.25) is 4.57 Å². The second-order valence-electron chi connectivity index (χ2n) is 4.64. The first kappa shape index (κ1) is 11.9. The van der Waals surface area contributed by atoms with E-state index in [1.807, 2.05) is 35.4 Å². The van der Waals surface area contributed by atoms with Crippen molar-refractivity contribution in [3.05, 3.63) is 53.6 Å². The zero-order valence-corrected chi connectivity index (χ0v) is 11.2. The van der Waals surface area contributed by atoms with Crippen molar-refractivity contribution >= 4 is 5.78 Å². The molecule has 5 nitrogen and oxygen atoms in total. The van der Waals surface area contributed by atoms with Crippen LogP contribution in [0.5, 0.6) is 0 Å². The lowest BCUT2D eigenvalue weighted by atomic mass is 10.1. The molecule has 5 heteroatoms. The number of benzene rings is 1. The summed E-state index contributed by atoms with van der Waals surface area (Å²) in [6.45, 7) is 0.761. The molecule has 1 aromatic carbocycles. The van der Waals surface area contributed by atoms with Gasteiger partial charge in [0.2, 0.25) is 5.78 Å². The van der Waals surface area contributed by atoms with Gasteiger partial charge in [-0.1, -0.05) is 30.3 Å². The van der Waals surface area contributed by atoms with Crippen molar-refractivity contribution in [1.82, 2.24) is 24.5 Å². The summed E-state index contributed by atoms with van der Waals surface area (Å²) in [5, 5.41) is 7.70. The van der Waals surface area contributed by atoms with Gasteiger partial charge in [0, 0.05) is 20.0 Å². The Kier molecular flexibility index (Phi) is 3.05. The molecule has 0 atom stereocenters. The predicted octanol–water partition coefficient (Wildman–Crippen LogP) is 1.38. The highest BCUT2D eigenvalue weighted by Gasteiger charge is 2.11. The highest BCUT2D eigenvalue weighted by molar-refractivity contribution is 5.33. The van der Waals surface area contributed by atoms with Gasteiger partial charge in [-0.15, -0.1) is 0 Å². The summed E-state index contributed by atoms with van der Waals surface area (Å²) in [5.74, 6) is 1.90. The molecule has 98 valence electrons. The third-order valence-electron chi connectivity index (χ3n) is 3.19. The van der Waals surface area contributed by atoms with Crippen LogP contribution in [-0.4, -0.2) is 26.2 Å². The van der Waals surface area contributed by atoms with Crippen LogP contribution in [0.25, 0.3) is 5.78 Å². The van der Waals surface area contributed by atoms with E-state index in [2.05, 4.69) is 39.7 Å². The summed E-state index contributed by atoms with van der Waals surface area (Å²) in [4.78, 5) is 4.57. The van der Waals surface area contributed by atoms with Crippen LogP contribution in [0.15, 0.2) is 36.5 Å². The number of aryl methyl sites for hydroxylation is 1. The Morgan fingerprint density at radius 1 is 1.21 bits per heavy atom. The smallest absolute Gasteiger partial charge is 0.232 e. The summed E-state index contributed by atoms with van der Waals surface area (Å²) in [5.41, 5.74) is 2.26. The molecule has 0 unspecified atom stereocenters. The van der Waals surface area contributed by atoms with E-state index >= 15 is 0 Å².